The molecule has 2 N–H and O–H groups in total. The minimum absolute atomic E-state index is 0.0448. The van der Waals surface area contributed by atoms with E-state index in [1.807, 2.05) is 0 Å². The van der Waals surface area contributed by atoms with Gasteiger partial charge in [-0.25, -0.2) is 4.79 Å². The van der Waals surface area contributed by atoms with E-state index < -0.39 is 11.6 Å². The Balaban J connectivity index is 2.28. The number of hydrogen-bond acceptors (Lipinski definition) is 5. The highest BCUT2D eigenvalue weighted by Gasteiger charge is 2.41. The van der Waals surface area contributed by atoms with Crippen LogP contribution < -0.4 is 15.0 Å². The lowest BCUT2D eigenvalue weighted by atomic mass is 10.0. The quantitative estimate of drug-likeness (QED) is 0.739. The number of nitrogens with zero attached hydrogens (tertiary/aromatic N) is 1. The number of rotatable bonds is 6. The molecule has 0 saturated carbocycles. The summed E-state index contributed by atoms with van der Waals surface area (Å²) in [5, 5.41) is 11.7. The van der Waals surface area contributed by atoms with Gasteiger partial charge in [0, 0.05) is 13.7 Å². The Morgan fingerprint density at radius 1 is 1.38 bits per heavy atom. The predicted octanol–water partition coefficient (Wildman–Crippen LogP) is 0.651. The second-order valence-corrected chi connectivity index (χ2v) is 5.83. The van der Waals surface area contributed by atoms with Crippen LogP contribution in [-0.2, 0) is 14.3 Å². The zero-order valence-corrected chi connectivity index (χ0v) is 13.8. The van der Waals surface area contributed by atoms with E-state index in [1.165, 1.54) is 30.2 Å². The number of methoxy groups -OCH3 is 1. The zero-order chi connectivity index (χ0) is 17.9. The van der Waals surface area contributed by atoms with Crippen LogP contribution in [0.1, 0.15) is 24.2 Å². The number of carboxylic acid groups (broad SMARTS) is 1. The van der Waals surface area contributed by atoms with E-state index in [9.17, 15) is 14.4 Å². The van der Waals surface area contributed by atoms with Crippen LogP contribution in [0, 0.1) is 0 Å². The number of carbonyl (C=O) groups excluding carboxylic acids is 2. The van der Waals surface area contributed by atoms with Crippen LogP contribution in [0.5, 0.6) is 5.75 Å². The molecule has 0 radical (unpaired) electrons. The maximum Gasteiger partial charge on any atom is 0.335 e. The molecule has 0 saturated heterocycles. The molecule has 0 aliphatic carbocycles. The third kappa shape index (κ3) is 3.65. The molecular formula is C16H20N2O6. The molecule has 1 heterocycles. The first kappa shape index (κ1) is 17.7. The topological polar surface area (TPSA) is 105 Å². The molecular weight excluding hydrogens is 316 g/mol. The summed E-state index contributed by atoms with van der Waals surface area (Å²) < 4.78 is 10.5. The first-order chi connectivity index (χ1) is 11.3. The summed E-state index contributed by atoms with van der Waals surface area (Å²) in [6.07, 6.45) is 0. The molecule has 1 aliphatic heterocycles. The molecule has 0 unspecified atom stereocenters. The number of aromatic carboxylic acids is 1. The Morgan fingerprint density at radius 3 is 2.71 bits per heavy atom. The molecule has 1 aromatic carbocycles. The zero-order valence-electron chi connectivity index (χ0n) is 13.8. The van der Waals surface area contributed by atoms with Crippen LogP contribution in [0.3, 0.4) is 0 Å². The van der Waals surface area contributed by atoms with Gasteiger partial charge in [0.25, 0.3) is 5.91 Å². The van der Waals surface area contributed by atoms with Gasteiger partial charge in [0.05, 0.1) is 17.9 Å². The number of nitrogens with one attached hydrogen (secondary N) is 1. The molecule has 8 nitrogen and oxygen atoms in total. The van der Waals surface area contributed by atoms with Gasteiger partial charge in [0.2, 0.25) is 5.91 Å². The van der Waals surface area contributed by atoms with Crippen LogP contribution in [0.4, 0.5) is 5.69 Å². The Kier molecular flexibility index (Phi) is 5.08. The van der Waals surface area contributed by atoms with Crippen molar-refractivity contribution in [3.8, 4) is 5.75 Å². The van der Waals surface area contributed by atoms with Gasteiger partial charge in [-0.2, -0.15) is 0 Å². The van der Waals surface area contributed by atoms with E-state index in [4.69, 9.17) is 14.6 Å². The number of ether oxygens (including phenoxy) is 2. The van der Waals surface area contributed by atoms with Crippen molar-refractivity contribution in [3.05, 3.63) is 23.8 Å². The number of amides is 2. The van der Waals surface area contributed by atoms with Crippen LogP contribution in [-0.4, -0.2) is 55.3 Å². The number of fused-ring (bicyclic) bond motifs is 1. The Labute approximate surface area is 139 Å². The van der Waals surface area contributed by atoms with E-state index in [0.717, 1.165) is 0 Å². The maximum absolute atomic E-state index is 12.6. The number of benzene rings is 1. The minimum Gasteiger partial charge on any atom is -0.478 e. The second-order valence-electron chi connectivity index (χ2n) is 5.83. The molecule has 0 atom stereocenters. The van der Waals surface area contributed by atoms with Gasteiger partial charge in [0.15, 0.2) is 5.60 Å². The first-order valence-corrected chi connectivity index (χ1v) is 7.40. The van der Waals surface area contributed by atoms with Crippen LogP contribution in [0.2, 0.25) is 0 Å². The van der Waals surface area contributed by atoms with Crippen molar-refractivity contribution in [1.82, 2.24) is 5.32 Å². The van der Waals surface area contributed by atoms with Crippen molar-refractivity contribution >= 4 is 23.5 Å². The largest absolute Gasteiger partial charge is 0.478 e. The normalized spacial score (nSPS) is 15.5. The summed E-state index contributed by atoms with van der Waals surface area (Å²) in [7, 11) is 1.52. The average Bonchev–Trinajstić information content (AvgIpc) is 2.51. The summed E-state index contributed by atoms with van der Waals surface area (Å²) >= 11 is 0. The fourth-order valence-electron chi connectivity index (χ4n) is 2.35. The molecule has 2 amide bonds. The van der Waals surface area contributed by atoms with E-state index in [-0.39, 0.29) is 29.7 Å². The number of carbonyl (C=O) groups is 3. The molecule has 1 aliphatic rings. The van der Waals surface area contributed by atoms with Crippen molar-refractivity contribution in [2.75, 3.05) is 31.7 Å². The molecule has 0 aromatic heterocycles. The van der Waals surface area contributed by atoms with Crippen LogP contribution in [0.15, 0.2) is 18.2 Å². The molecule has 0 bridgehead atoms. The maximum atomic E-state index is 12.6. The summed E-state index contributed by atoms with van der Waals surface area (Å²) in [5.74, 6) is -1.56. The highest BCUT2D eigenvalue weighted by Crippen LogP contribution is 2.38. The second kappa shape index (κ2) is 6.88. The fraction of sp³-hybridized carbons (Fsp3) is 0.438. The molecule has 8 heteroatoms. The standard InChI is InChI=1S/C16H20N2O6/c1-16(2)15(22)18(9-13(19)17-6-7-23-3)11-5-4-10(14(20)21)8-12(11)24-16/h4-5,8H,6-7,9H2,1-3H3,(H,17,19)(H,20,21). The smallest absolute Gasteiger partial charge is 0.335 e. The monoisotopic (exact) mass is 336 g/mol. The van der Waals surface area contributed by atoms with Gasteiger partial charge in [-0.3, -0.25) is 14.5 Å². The lowest BCUT2D eigenvalue weighted by molar-refractivity contribution is -0.134. The third-order valence-corrected chi connectivity index (χ3v) is 3.55. The van der Waals surface area contributed by atoms with Crippen LogP contribution in [0.25, 0.3) is 0 Å². The number of anilines is 1. The minimum atomic E-state index is -1.20. The van der Waals surface area contributed by atoms with Gasteiger partial charge in [-0.15, -0.1) is 0 Å². The first-order valence-electron chi connectivity index (χ1n) is 7.40. The highest BCUT2D eigenvalue weighted by atomic mass is 16.5. The van der Waals surface area contributed by atoms with Gasteiger partial charge in [-0.05, 0) is 32.0 Å². The summed E-state index contributed by atoms with van der Waals surface area (Å²) in [5.41, 5.74) is -0.786. The molecule has 2 rings (SSSR count). The van der Waals surface area contributed by atoms with E-state index in [2.05, 4.69) is 5.32 Å². The van der Waals surface area contributed by atoms with Crippen molar-refractivity contribution < 1.29 is 29.0 Å². The van der Waals surface area contributed by atoms with E-state index >= 15 is 0 Å². The van der Waals surface area contributed by atoms with Gasteiger partial charge >= 0.3 is 5.97 Å². The molecule has 0 fully saturated rings. The fourth-order valence-corrected chi connectivity index (χ4v) is 2.35. The Bertz CT molecular complexity index is 671. The molecule has 130 valence electrons. The lowest BCUT2D eigenvalue weighted by Gasteiger charge is -2.38. The predicted molar refractivity (Wildman–Crippen MR) is 85.3 cm³/mol. The Hall–Kier alpha value is -2.61. The summed E-state index contributed by atoms with van der Waals surface area (Å²) in [6, 6.07) is 4.18. The van der Waals surface area contributed by atoms with E-state index in [1.54, 1.807) is 13.8 Å². The average molecular weight is 336 g/mol. The molecule has 0 spiro atoms. The van der Waals surface area contributed by atoms with Gasteiger partial charge < -0.3 is 19.9 Å². The van der Waals surface area contributed by atoms with Crippen molar-refractivity contribution in [2.24, 2.45) is 0 Å². The lowest BCUT2D eigenvalue weighted by Crippen LogP contribution is -2.55. The third-order valence-electron chi connectivity index (χ3n) is 3.55. The number of hydrogen-bond donors (Lipinski definition) is 2. The van der Waals surface area contributed by atoms with Crippen molar-refractivity contribution in [2.45, 2.75) is 19.4 Å². The Morgan fingerprint density at radius 2 is 2.08 bits per heavy atom. The number of carboxylic acids is 1. The van der Waals surface area contributed by atoms with Gasteiger partial charge in [-0.1, -0.05) is 0 Å². The van der Waals surface area contributed by atoms with Crippen LogP contribution >= 0.6 is 0 Å². The SMILES string of the molecule is COCCNC(=O)CN1C(=O)C(C)(C)Oc2cc(C(=O)O)ccc21. The summed E-state index contributed by atoms with van der Waals surface area (Å²) in [6.45, 7) is 3.66. The van der Waals surface area contributed by atoms with Crippen molar-refractivity contribution in [3.63, 3.8) is 0 Å². The summed E-state index contributed by atoms with van der Waals surface area (Å²) in [4.78, 5) is 37.0. The van der Waals surface area contributed by atoms with Gasteiger partial charge in [0.1, 0.15) is 12.3 Å². The van der Waals surface area contributed by atoms with Crippen molar-refractivity contribution in [1.29, 1.82) is 0 Å². The highest BCUT2D eigenvalue weighted by molar-refractivity contribution is 6.06. The van der Waals surface area contributed by atoms with E-state index in [0.29, 0.717) is 18.8 Å². The molecule has 1 aromatic rings. The molecule has 24 heavy (non-hydrogen) atoms.